The first-order valence-corrected chi connectivity index (χ1v) is 5.79. The molecular formula is C13H16FN3O. The molecule has 0 saturated carbocycles. The van der Waals surface area contributed by atoms with Crippen molar-refractivity contribution in [2.24, 2.45) is 5.73 Å². The standard InChI is InChI=1S/C13H16FN3O/c1-13(2,8-15)12-16-11(17-18-12)7-9-4-3-5-10(14)6-9/h3-6H,7-8,15H2,1-2H3. The van der Waals surface area contributed by atoms with E-state index in [1.165, 1.54) is 12.1 Å². The second-order valence-corrected chi connectivity index (χ2v) is 4.91. The van der Waals surface area contributed by atoms with E-state index in [-0.39, 0.29) is 11.2 Å². The van der Waals surface area contributed by atoms with Gasteiger partial charge in [0.2, 0.25) is 5.89 Å². The van der Waals surface area contributed by atoms with Crippen molar-refractivity contribution in [1.29, 1.82) is 0 Å². The Hall–Kier alpha value is -1.75. The summed E-state index contributed by atoms with van der Waals surface area (Å²) in [6.07, 6.45) is 0.446. The summed E-state index contributed by atoms with van der Waals surface area (Å²) in [4.78, 5) is 4.30. The monoisotopic (exact) mass is 249 g/mol. The number of hydrogen-bond acceptors (Lipinski definition) is 4. The van der Waals surface area contributed by atoms with Crippen LogP contribution in [-0.2, 0) is 11.8 Å². The van der Waals surface area contributed by atoms with E-state index in [2.05, 4.69) is 10.1 Å². The van der Waals surface area contributed by atoms with Crippen LogP contribution in [0, 0.1) is 5.82 Å². The average molecular weight is 249 g/mol. The first-order chi connectivity index (χ1) is 8.51. The van der Waals surface area contributed by atoms with Gasteiger partial charge in [-0.25, -0.2) is 4.39 Å². The smallest absolute Gasteiger partial charge is 0.233 e. The number of hydrogen-bond donors (Lipinski definition) is 1. The molecule has 0 bridgehead atoms. The van der Waals surface area contributed by atoms with Crippen molar-refractivity contribution in [2.75, 3.05) is 6.54 Å². The largest absolute Gasteiger partial charge is 0.339 e. The van der Waals surface area contributed by atoms with Crippen molar-refractivity contribution in [1.82, 2.24) is 10.1 Å². The lowest BCUT2D eigenvalue weighted by molar-refractivity contribution is 0.309. The third-order valence-corrected chi connectivity index (χ3v) is 2.81. The molecule has 2 aromatic rings. The third kappa shape index (κ3) is 2.73. The first kappa shape index (κ1) is 12.7. The second kappa shape index (κ2) is 4.86. The first-order valence-electron chi connectivity index (χ1n) is 5.79. The van der Waals surface area contributed by atoms with Gasteiger partial charge in [0.25, 0.3) is 0 Å². The molecule has 0 aliphatic carbocycles. The Kier molecular flexibility index (Phi) is 3.43. The van der Waals surface area contributed by atoms with Gasteiger partial charge in [-0.2, -0.15) is 4.98 Å². The summed E-state index contributed by atoms with van der Waals surface area (Å²) in [5, 5.41) is 3.89. The molecule has 0 aliphatic rings. The van der Waals surface area contributed by atoms with Crippen LogP contribution in [0.15, 0.2) is 28.8 Å². The lowest BCUT2D eigenvalue weighted by Crippen LogP contribution is -2.28. The number of benzene rings is 1. The van der Waals surface area contributed by atoms with E-state index in [1.807, 2.05) is 19.9 Å². The van der Waals surface area contributed by atoms with Crippen LogP contribution < -0.4 is 5.73 Å². The van der Waals surface area contributed by atoms with Crippen LogP contribution in [0.5, 0.6) is 0 Å². The molecule has 4 nitrogen and oxygen atoms in total. The zero-order valence-corrected chi connectivity index (χ0v) is 10.5. The van der Waals surface area contributed by atoms with Gasteiger partial charge in [-0.15, -0.1) is 0 Å². The summed E-state index contributed by atoms with van der Waals surface area (Å²) in [7, 11) is 0. The second-order valence-electron chi connectivity index (χ2n) is 4.91. The summed E-state index contributed by atoms with van der Waals surface area (Å²) in [6, 6.07) is 6.36. The Morgan fingerprint density at radius 1 is 1.39 bits per heavy atom. The molecule has 96 valence electrons. The van der Waals surface area contributed by atoms with Crippen molar-refractivity contribution in [3.05, 3.63) is 47.4 Å². The highest BCUT2D eigenvalue weighted by molar-refractivity contribution is 5.20. The fraction of sp³-hybridized carbons (Fsp3) is 0.385. The quantitative estimate of drug-likeness (QED) is 0.900. The van der Waals surface area contributed by atoms with E-state index in [9.17, 15) is 4.39 Å². The van der Waals surface area contributed by atoms with E-state index in [0.717, 1.165) is 5.56 Å². The predicted octanol–water partition coefficient (Wildman–Crippen LogP) is 2.04. The number of aromatic nitrogens is 2. The molecular weight excluding hydrogens is 233 g/mol. The third-order valence-electron chi connectivity index (χ3n) is 2.81. The van der Waals surface area contributed by atoms with E-state index in [1.54, 1.807) is 6.07 Å². The van der Waals surface area contributed by atoms with Gasteiger partial charge in [0.05, 0.1) is 5.41 Å². The van der Waals surface area contributed by atoms with Crippen LogP contribution in [0.1, 0.15) is 31.1 Å². The minimum absolute atomic E-state index is 0.265. The summed E-state index contributed by atoms with van der Waals surface area (Å²) in [5.74, 6) is 0.784. The van der Waals surface area contributed by atoms with Gasteiger partial charge in [0, 0.05) is 13.0 Å². The van der Waals surface area contributed by atoms with E-state index < -0.39 is 0 Å². The van der Waals surface area contributed by atoms with E-state index in [0.29, 0.717) is 24.7 Å². The molecule has 0 unspecified atom stereocenters. The lowest BCUT2D eigenvalue weighted by Gasteiger charge is -2.15. The molecule has 0 spiro atoms. The minimum atomic E-state index is -0.340. The average Bonchev–Trinajstić information content (AvgIpc) is 2.78. The minimum Gasteiger partial charge on any atom is -0.339 e. The number of halogens is 1. The summed E-state index contributed by atoms with van der Waals surface area (Å²) >= 11 is 0. The van der Waals surface area contributed by atoms with Crippen LogP contribution in [0.25, 0.3) is 0 Å². The Labute approximate surface area is 105 Å². The highest BCUT2D eigenvalue weighted by atomic mass is 19.1. The van der Waals surface area contributed by atoms with Crippen LogP contribution in [0.2, 0.25) is 0 Å². The summed E-state index contributed by atoms with van der Waals surface area (Å²) in [5.41, 5.74) is 6.12. The molecule has 0 fully saturated rings. The van der Waals surface area contributed by atoms with Gasteiger partial charge in [-0.05, 0) is 31.5 Å². The molecule has 18 heavy (non-hydrogen) atoms. The molecule has 0 saturated heterocycles. The highest BCUT2D eigenvalue weighted by Gasteiger charge is 2.25. The molecule has 0 atom stereocenters. The van der Waals surface area contributed by atoms with Crippen LogP contribution in [-0.4, -0.2) is 16.7 Å². The molecule has 0 amide bonds. The Morgan fingerprint density at radius 3 is 2.83 bits per heavy atom. The van der Waals surface area contributed by atoms with Crippen molar-refractivity contribution in [3.63, 3.8) is 0 Å². The molecule has 0 aliphatic heterocycles. The molecule has 1 heterocycles. The maximum absolute atomic E-state index is 13.0. The van der Waals surface area contributed by atoms with Crippen LogP contribution in [0.4, 0.5) is 4.39 Å². The van der Waals surface area contributed by atoms with Gasteiger partial charge >= 0.3 is 0 Å². The van der Waals surface area contributed by atoms with Crippen molar-refractivity contribution in [2.45, 2.75) is 25.7 Å². The fourth-order valence-corrected chi connectivity index (χ4v) is 1.52. The van der Waals surface area contributed by atoms with E-state index >= 15 is 0 Å². The van der Waals surface area contributed by atoms with Gasteiger partial charge < -0.3 is 10.3 Å². The molecule has 1 aromatic carbocycles. The summed E-state index contributed by atoms with van der Waals surface area (Å²) in [6.45, 7) is 4.30. The zero-order valence-electron chi connectivity index (χ0n) is 10.5. The highest BCUT2D eigenvalue weighted by Crippen LogP contribution is 2.20. The van der Waals surface area contributed by atoms with Crippen molar-refractivity contribution in [3.8, 4) is 0 Å². The van der Waals surface area contributed by atoms with Crippen LogP contribution in [0.3, 0.4) is 0 Å². The predicted molar refractivity (Wildman–Crippen MR) is 65.6 cm³/mol. The van der Waals surface area contributed by atoms with Gasteiger partial charge in [-0.3, -0.25) is 0 Å². The Bertz CT molecular complexity index is 537. The van der Waals surface area contributed by atoms with Gasteiger partial charge in [-0.1, -0.05) is 17.3 Å². The van der Waals surface area contributed by atoms with Gasteiger partial charge in [0.1, 0.15) is 5.82 Å². The fourth-order valence-electron chi connectivity index (χ4n) is 1.52. The molecule has 2 rings (SSSR count). The number of rotatable bonds is 4. The Morgan fingerprint density at radius 2 is 2.17 bits per heavy atom. The number of nitrogens with zero attached hydrogens (tertiary/aromatic N) is 2. The molecule has 1 aromatic heterocycles. The van der Waals surface area contributed by atoms with Crippen molar-refractivity contribution < 1.29 is 8.91 Å². The normalized spacial score (nSPS) is 11.8. The Balaban J connectivity index is 2.16. The van der Waals surface area contributed by atoms with E-state index in [4.69, 9.17) is 10.3 Å². The number of nitrogens with two attached hydrogens (primary N) is 1. The van der Waals surface area contributed by atoms with Gasteiger partial charge in [0.15, 0.2) is 5.82 Å². The zero-order chi connectivity index (χ0) is 13.2. The lowest BCUT2D eigenvalue weighted by atomic mass is 9.94. The topological polar surface area (TPSA) is 64.9 Å². The molecule has 5 heteroatoms. The SMILES string of the molecule is CC(C)(CN)c1nc(Cc2cccc(F)c2)no1. The van der Waals surface area contributed by atoms with Crippen LogP contribution >= 0.6 is 0 Å². The maximum Gasteiger partial charge on any atom is 0.233 e. The molecule has 0 radical (unpaired) electrons. The van der Waals surface area contributed by atoms with Crippen molar-refractivity contribution >= 4 is 0 Å². The molecule has 2 N–H and O–H groups in total. The summed E-state index contributed by atoms with van der Waals surface area (Å²) < 4.78 is 18.2. The maximum atomic E-state index is 13.0.